The summed E-state index contributed by atoms with van der Waals surface area (Å²) in [6, 6.07) is 0. The Labute approximate surface area is 175 Å². The zero-order valence-electron chi connectivity index (χ0n) is 17.1. The van der Waals surface area contributed by atoms with E-state index in [0.29, 0.717) is 42.7 Å². The van der Waals surface area contributed by atoms with Crippen LogP contribution in [0.15, 0.2) is 5.16 Å². The lowest BCUT2D eigenvalue weighted by molar-refractivity contribution is 0.285. The highest BCUT2D eigenvalue weighted by molar-refractivity contribution is 7.98. The van der Waals surface area contributed by atoms with Crippen LogP contribution in [0.2, 0.25) is 23.3 Å². The largest absolute Gasteiger partial charge is 0.475 e. The lowest BCUT2D eigenvalue weighted by Gasteiger charge is -2.36. The van der Waals surface area contributed by atoms with E-state index in [2.05, 4.69) is 53.7 Å². The van der Waals surface area contributed by atoms with Gasteiger partial charge in [-0.25, -0.2) is 14.4 Å². The van der Waals surface area contributed by atoms with Crippen LogP contribution in [0.3, 0.4) is 0 Å². The Balaban J connectivity index is 1.96. The van der Waals surface area contributed by atoms with Crippen LogP contribution in [0.5, 0.6) is 5.88 Å². The van der Waals surface area contributed by atoms with Gasteiger partial charge in [-0.2, -0.15) is 4.98 Å². The third-order valence-electron chi connectivity index (χ3n) is 5.38. The van der Waals surface area contributed by atoms with Crippen LogP contribution >= 0.6 is 23.4 Å². The molecule has 6 nitrogen and oxygen atoms in total. The summed E-state index contributed by atoms with van der Waals surface area (Å²) in [5.41, 5.74) is 0.140. The molecule has 10 heteroatoms. The van der Waals surface area contributed by atoms with Crippen LogP contribution in [0.25, 0.3) is 10.9 Å². The van der Waals surface area contributed by atoms with Gasteiger partial charge in [0.05, 0.1) is 13.2 Å². The molecule has 3 heterocycles. The molecule has 0 saturated carbocycles. The summed E-state index contributed by atoms with van der Waals surface area (Å²) in [5, 5.41) is 0.838. The van der Waals surface area contributed by atoms with Crippen LogP contribution in [0, 0.1) is 5.82 Å². The molecule has 2 aromatic heterocycles. The third kappa shape index (κ3) is 4.08. The van der Waals surface area contributed by atoms with Gasteiger partial charge in [0, 0.05) is 6.54 Å². The summed E-state index contributed by atoms with van der Waals surface area (Å²) in [5.74, 6) is 0.239. The number of halogens is 2. The van der Waals surface area contributed by atoms with Crippen molar-refractivity contribution in [3.8, 4) is 5.88 Å². The van der Waals surface area contributed by atoms with Crippen molar-refractivity contribution >= 4 is 48.4 Å². The maximum atomic E-state index is 14.6. The third-order valence-corrected chi connectivity index (χ3v) is 10.7. The first-order valence-electron chi connectivity index (χ1n) is 9.17. The normalized spacial score (nSPS) is 14.9. The fourth-order valence-corrected chi connectivity index (χ4v) is 4.27. The standard InChI is InChI=1S/C18H26ClFN4O2SSi/c1-18(2,3)28(5,6)26-10-8-24-7-9-25-16-11-13(12(20)14(19)22-16)21-17(27-4)23-15(11)24/h7-10H2,1-6H3. The molecule has 0 N–H and O–H groups in total. The zero-order valence-corrected chi connectivity index (χ0v) is 19.7. The minimum absolute atomic E-state index is 0.138. The zero-order chi connectivity index (χ0) is 20.7. The number of hydrogen-bond acceptors (Lipinski definition) is 7. The van der Waals surface area contributed by atoms with Crippen molar-refractivity contribution in [1.82, 2.24) is 15.0 Å². The van der Waals surface area contributed by atoms with Gasteiger partial charge in [0.25, 0.3) is 0 Å². The summed E-state index contributed by atoms with van der Waals surface area (Å²) < 4.78 is 26.7. The molecule has 1 aliphatic rings. The number of pyridine rings is 1. The summed E-state index contributed by atoms with van der Waals surface area (Å²) >= 11 is 7.30. The average molecular weight is 445 g/mol. The lowest BCUT2D eigenvalue weighted by Crippen LogP contribution is -2.43. The van der Waals surface area contributed by atoms with Gasteiger partial charge in [-0.3, -0.25) is 0 Å². The minimum atomic E-state index is -1.86. The Bertz CT molecular complexity index is 894. The first kappa shape index (κ1) is 21.5. The number of nitrogens with zero attached hydrogens (tertiary/aromatic N) is 4. The predicted octanol–water partition coefficient (Wildman–Crippen LogP) is 4.76. The lowest BCUT2D eigenvalue weighted by atomic mass is 10.2. The summed E-state index contributed by atoms with van der Waals surface area (Å²) in [4.78, 5) is 15.1. The molecule has 0 radical (unpaired) electrons. The molecule has 0 spiro atoms. The van der Waals surface area contributed by atoms with Crippen LogP contribution in [0.4, 0.5) is 10.2 Å². The molecule has 0 aliphatic carbocycles. The van der Waals surface area contributed by atoms with Crippen LogP contribution in [-0.4, -0.2) is 55.8 Å². The molecule has 154 valence electrons. The van der Waals surface area contributed by atoms with Crippen molar-refractivity contribution in [2.75, 3.05) is 37.5 Å². The maximum Gasteiger partial charge on any atom is 0.228 e. The molecule has 0 fully saturated rings. The molecule has 0 unspecified atom stereocenters. The molecule has 0 saturated heterocycles. The van der Waals surface area contributed by atoms with E-state index in [1.54, 1.807) is 0 Å². The smallest absolute Gasteiger partial charge is 0.228 e. The fourth-order valence-electron chi connectivity index (χ4n) is 2.70. The first-order valence-corrected chi connectivity index (χ1v) is 13.7. The quantitative estimate of drug-likeness (QED) is 0.285. The van der Waals surface area contributed by atoms with Crippen molar-refractivity contribution in [1.29, 1.82) is 0 Å². The molecule has 2 aromatic rings. The van der Waals surface area contributed by atoms with Crippen molar-refractivity contribution in [2.45, 2.75) is 44.1 Å². The first-order chi connectivity index (χ1) is 13.0. The van der Waals surface area contributed by atoms with Crippen LogP contribution in [0.1, 0.15) is 20.8 Å². The molecule has 0 aromatic carbocycles. The van der Waals surface area contributed by atoms with E-state index in [1.807, 2.05) is 6.26 Å². The summed E-state index contributed by atoms with van der Waals surface area (Å²) in [6.07, 6.45) is 1.85. The number of hydrogen-bond donors (Lipinski definition) is 0. The molecule has 0 bridgehead atoms. The molecule has 0 atom stereocenters. The molecular formula is C18H26ClFN4O2SSi. The highest BCUT2D eigenvalue weighted by atomic mass is 35.5. The highest BCUT2D eigenvalue weighted by Gasteiger charge is 2.37. The molecule has 28 heavy (non-hydrogen) atoms. The van der Waals surface area contributed by atoms with Gasteiger partial charge in [0.15, 0.2) is 24.4 Å². The number of rotatable bonds is 5. The van der Waals surface area contributed by atoms with Gasteiger partial charge in [0.1, 0.15) is 23.3 Å². The fraction of sp³-hybridized carbons (Fsp3) is 0.611. The maximum absolute atomic E-state index is 14.6. The topological polar surface area (TPSA) is 60.4 Å². The minimum Gasteiger partial charge on any atom is -0.475 e. The number of anilines is 1. The van der Waals surface area contributed by atoms with Gasteiger partial charge in [-0.15, -0.1) is 0 Å². The van der Waals surface area contributed by atoms with Gasteiger partial charge < -0.3 is 14.1 Å². The number of thioether (sulfide) groups is 1. The Morgan fingerprint density at radius 2 is 2.00 bits per heavy atom. The Morgan fingerprint density at radius 3 is 2.64 bits per heavy atom. The van der Waals surface area contributed by atoms with E-state index in [0.717, 1.165) is 0 Å². The van der Waals surface area contributed by atoms with E-state index in [1.165, 1.54) is 11.8 Å². The second-order valence-corrected chi connectivity index (χ2v) is 14.2. The van der Waals surface area contributed by atoms with Gasteiger partial charge >= 0.3 is 0 Å². The van der Waals surface area contributed by atoms with Crippen molar-refractivity contribution in [3.05, 3.63) is 11.0 Å². The Morgan fingerprint density at radius 1 is 1.29 bits per heavy atom. The number of ether oxygens (including phenoxy) is 1. The predicted molar refractivity (Wildman–Crippen MR) is 115 cm³/mol. The highest BCUT2D eigenvalue weighted by Crippen LogP contribution is 2.38. The summed E-state index contributed by atoms with van der Waals surface area (Å²) in [6.45, 7) is 13.3. The van der Waals surface area contributed by atoms with Gasteiger partial charge in [-0.05, 0) is 24.4 Å². The van der Waals surface area contributed by atoms with Gasteiger partial charge in [0.2, 0.25) is 5.88 Å². The Kier molecular flexibility index (Phi) is 6.10. The van der Waals surface area contributed by atoms with Crippen molar-refractivity contribution < 1.29 is 13.6 Å². The van der Waals surface area contributed by atoms with Gasteiger partial charge in [-0.1, -0.05) is 44.1 Å². The second kappa shape index (κ2) is 7.93. The molecule has 1 aliphatic heterocycles. The summed E-state index contributed by atoms with van der Waals surface area (Å²) in [7, 11) is -1.86. The number of aromatic nitrogens is 3. The van der Waals surface area contributed by atoms with Crippen molar-refractivity contribution in [3.63, 3.8) is 0 Å². The van der Waals surface area contributed by atoms with E-state index in [9.17, 15) is 4.39 Å². The van der Waals surface area contributed by atoms with E-state index >= 15 is 0 Å². The van der Waals surface area contributed by atoms with E-state index in [-0.39, 0.29) is 21.6 Å². The SMILES string of the molecule is CSc1nc2c3c(nc(Cl)c(F)c3n1)OCCN2CCO[Si](C)(C)C(C)(C)C. The monoisotopic (exact) mass is 444 g/mol. The molecule has 3 rings (SSSR count). The van der Waals surface area contributed by atoms with Crippen LogP contribution in [-0.2, 0) is 4.43 Å². The second-order valence-electron chi connectivity index (χ2n) is 8.22. The van der Waals surface area contributed by atoms with Crippen molar-refractivity contribution in [2.24, 2.45) is 0 Å². The molecule has 0 amide bonds. The average Bonchev–Trinajstić information content (AvgIpc) is 2.78. The van der Waals surface area contributed by atoms with E-state index < -0.39 is 14.1 Å². The molecular weight excluding hydrogens is 419 g/mol. The Hall–Kier alpha value is -1.16. The van der Waals surface area contributed by atoms with E-state index in [4.69, 9.17) is 20.8 Å². The van der Waals surface area contributed by atoms with Crippen LogP contribution < -0.4 is 9.64 Å².